The van der Waals surface area contributed by atoms with E-state index in [0.29, 0.717) is 6.04 Å². The van der Waals surface area contributed by atoms with Crippen molar-refractivity contribution in [2.45, 2.75) is 19.9 Å². The fourth-order valence-electron chi connectivity index (χ4n) is 3.25. The Hall–Kier alpha value is -2.88. The van der Waals surface area contributed by atoms with E-state index in [2.05, 4.69) is 73.8 Å². The number of aromatic nitrogens is 3. The first-order valence-electron chi connectivity index (χ1n) is 8.60. The quantitative estimate of drug-likeness (QED) is 0.536. The highest BCUT2D eigenvalue weighted by molar-refractivity contribution is 5.85. The van der Waals surface area contributed by atoms with Gasteiger partial charge in [0.15, 0.2) is 5.82 Å². The summed E-state index contributed by atoms with van der Waals surface area (Å²) in [6.45, 7) is 4.38. The van der Waals surface area contributed by atoms with Crippen LogP contribution in [0.5, 0.6) is 0 Å². The molecule has 0 fully saturated rings. The summed E-state index contributed by atoms with van der Waals surface area (Å²) in [7, 11) is 4.12. The molecule has 0 bridgehead atoms. The summed E-state index contributed by atoms with van der Waals surface area (Å²) in [5.74, 6) is 0.923. The molecule has 2 heterocycles. The third-order valence-electron chi connectivity index (χ3n) is 4.53. The van der Waals surface area contributed by atoms with Gasteiger partial charge in [-0.1, -0.05) is 24.3 Å². The summed E-state index contributed by atoms with van der Waals surface area (Å²) in [5, 5.41) is 1.15. The maximum absolute atomic E-state index is 4.89. The fraction of sp³-hybridized carbons (Fsp3) is 0.238. The number of anilines is 1. The highest BCUT2D eigenvalue weighted by Crippen LogP contribution is 2.30. The fourth-order valence-corrected chi connectivity index (χ4v) is 3.25. The summed E-state index contributed by atoms with van der Waals surface area (Å²) >= 11 is 0. The van der Waals surface area contributed by atoms with Crippen LogP contribution in [0.15, 0.2) is 54.6 Å². The monoisotopic (exact) mass is 330 g/mol. The molecular weight excluding hydrogens is 308 g/mol. The van der Waals surface area contributed by atoms with Crippen molar-refractivity contribution in [1.29, 1.82) is 0 Å². The average molecular weight is 330 g/mol. The Morgan fingerprint density at radius 2 is 1.68 bits per heavy atom. The van der Waals surface area contributed by atoms with E-state index >= 15 is 0 Å². The SMILES string of the molecule is CC(C)n1c(-c2ccc3ccccc3n2)nc2ccc(N(C)C)cc21. The number of rotatable bonds is 3. The zero-order valence-electron chi connectivity index (χ0n) is 15.1. The van der Waals surface area contributed by atoms with Crippen molar-refractivity contribution in [3.63, 3.8) is 0 Å². The molecule has 126 valence electrons. The van der Waals surface area contributed by atoms with Crippen molar-refractivity contribution < 1.29 is 0 Å². The van der Waals surface area contributed by atoms with Crippen LogP contribution in [0.1, 0.15) is 19.9 Å². The standard InChI is InChI=1S/C21H22N4/c1-14(2)25-20-13-16(24(3)4)10-12-18(20)23-21(25)19-11-9-15-7-5-6-8-17(15)22-19/h5-14H,1-4H3. The summed E-state index contributed by atoms with van der Waals surface area (Å²) in [6.07, 6.45) is 0. The predicted octanol–water partition coefficient (Wildman–Crippen LogP) is 4.90. The van der Waals surface area contributed by atoms with Gasteiger partial charge in [-0.15, -0.1) is 0 Å². The highest BCUT2D eigenvalue weighted by atomic mass is 15.1. The van der Waals surface area contributed by atoms with E-state index in [4.69, 9.17) is 9.97 Å². The minimum absolute atomic E-state index is 0.297. The molecule has 0 spiro atoms. The van der Waals surface area contributed by atoms with Crippen molar-refractivity contribution >= 4 is 27.6 Å². The second kappa shape index (κ2) is 5.88. The zero-order chi connectivity index (χ0) is 17.6. The normalized spacial score (nSPS) is 11.6. The first-order valence-corrected chi connectivity index (χ1v) is 8.60. The van der Waals surface area contributed by atoms with Crippen LogP contribution in [-0.4, -0.2) is 28.6 Å². The molecule has 0 atom stereocenters. The minimum atomic E-state index is 0.297. The van der Waals surface area contributed by atoms with Gasteiger partial charge in [-0.2, -0.15) is 0 Å². The van der Waals surface area contributed by atoms with Gasteiger partial charge in [-0.25, -0.2) is 9.97 Å². The van der Waals surface area contributed by atoms with E-state index in [1.165, 1.54) is 5.69 Å². The van der Waals surface area contributed by atoms with Gasteiger partial charge in [0.2, 0.25) is 0 Å². The maximum Gasteiger partial charge on any atom is 0.160 e. The van der Waals surface area contributed by atoms with E-state index in [1.54, 1.807) is 0 Å². The molecule has 0 aliphatic heterocycles. The first kappa shape index (κ1) is 15.6. The molecule has 0 saturated carbocycles. The molecule has 2 aromatic heterocycles. The molecule has 4 rings (SSSR count). The molecule has 0 radical (unpaired) electrons. The Morgan fingerprint density at radius 3 is 2.44 bits per heavy atom. The van der Waals surface area contributed by atoms with Crippen molar-refractivity contribution in [2.24, 2.45) is 0 Å². The lowest BCUT2D eigenvalue weighted by molar-refractivity contribution is 0.623. The van der Waals surface area contributed by atoms with Crippen LogP contribution >= 0.6 is 0 Å². The van der Waals surface area contributed by atoms with Crippen LogP contribution in [0, 0.1) is 0 Å². The molecule has 0 aliphatic rings. The number of imidazole rings is 1. The first-order chi connectivity index (χ1) is 12.0. The molecule has 4 nitrogen and oxygen atoms in total. The van der Waals surface area contributed by atoms with Gasteiger partial charge < -0.3 is 9.47 Å². The number of hydrogen-bond acceptors (Lipinski definition) is 3. The summed E-state index contributed by atoms with van der Waals surface area (Å²) < 4.78 is 2.28. The zero-order valence-corrected chi connectivity index (χ0v) is 15.1. The Morgan fingerprint density at radius 1 is 0.880 bits per heavy atom. The number of para-hydroxylation sites is 1. The van der Waals surface area contributed by atoms with Crippen LogP contribution < -0.4 is 4.90 Å². The molecule has 0 saturated heterocycles. The number of pyridine rings is 1. The lowest BCUT2D eigenvalue weighted by Gasteiger charge is -2.15. The average Bonchev–Trinajstić information content (AvgIpc) is 3.00. The van der Waals surface area contributed by atoms with E-state index in [1.807, 2.05) is 18.2 Å². The van der Waals surface area contributed by atoms with Crippen LogP contribution in [0.3, 0.4) is 0 Å². The van der Waals surface area contributed by atoms with Gasteiger partial charge in [0.05, 0.1) is 16.6 Å². The largest absolute Gasteiger partial charge is 0.378 e. The molecule has 25 heavy (non-hydrogen) atoms. The Kier molecular flexibility index (Phi) is 3.68. The highest BCUT2D eigenvalue weighted by Gasteiger charge is 2.17. The summed E-state index contributed by atoms with van der Waals surface area (Å²) in [4.78, 5) is 11.9. The second-order valence-corrected chi connectivity index (χ2v) is 6.86. The number of nitrogens with zero attached hydrogens (tertiary/aromatic N) is 4. The molecule has 4 heteroatoms. The molecular formula is C21H22N4. The van der Waals surface area contributed by atoms with Crippen molar-refractivity contribution in [3.8, 4) is 11.5 Å². The van der Waals surface area contributed by atoms with Gasteiger partial charge in [0, 0.05) is 31.2 Å². The molecule has 0 unspecified atom stereocenters. The van der Waals surface area contributed by atoms with E-state index in [-0.39, 0.29) is 0 Å². The number of benzene rings is 2. The van der Waals surface area contributed by atoms with Crippen molar-refractivity contribution in [2.75, 3.05) is 19.0 Å². The Labute approximate surface area is 147 Å². The Bertz CT molecular complexity index is 1060. The number of hydrogen-bond donors (Lipinski definition) is 0. The third-order valence-corrected chi connectivity index (χ3v) is 4.53. The molecule has 2 aromatic carbocycles. The van der Waals surface area contributed by atoms with E-state index in [9.17, 15) is 0 Å². The van der Waals surface area contributed by atoms with Gasteiger partial charge in [0.1, 0.15) is 5.69 Å². The van der Waals surface area contributed by atoms with Crippen LogP contribution in [0.4, 0.5) is 5.69 Å². The Balaban J connectivity index is 1.97. The second-order valence-electron chi connectivity index (χ2n) is 6.86. The summed E-state index contributed by atoms with van der Waals surface area (Å²) in [6, 6.07) is 19.1. The van der Waals surface area contributed by atoms with Crippen molar-refractivity contribution in [3.05, 3.63) is 54.6 Å². The van der Waals surface area contributed by atoms with E-state index in [0.717, 1.165) is 33.5 Å². The van der Waals surface area contributed by atoms with Gasteiger partial charge in [-0.3, -0.25) is 0 Å². The third kappa shape index (κ3) is 2.64. The molecule has 0 amide bonds. The van der Waals surface area contributed by atoms with Gasteiger partial charge in [0.25, 0.3) is 0 Å². The van der Waals surface area contributed by atoms with Crippen LogP contribution in [0.2, 0.25) is 0 Å². The molecule has 4 aromatic rings. The van der Waals surface area contributed by atoms with Crippen LogP contribution in [0.25, 0.3) is 33.5 Å². The number of fused-ring (bicyclic) bond motifs is 2. The van der Waals surface area contributed by atoms with Gasteiger partial charge in [-0.05, 0) is 44.2 Å². The molecule has 0 N–H and O–H groups in total. The van der Waals surface area contributed by atoms with E-state index < -0.39 is 0 Å². The van der Waals surface area contributed by atoms with Crippen molar-refractivity contribution in [1.82, 2.24) is 14.5 Å². The lowest BCUT2D eigenvalue weighted by atomic mass is 10.2. The predicted molar refractivity (Wildman–Crippen MR) is 105 cm³/mol. The topological polar surface area (TPSA) is 34.0 Å². The molecule has 0 aliphatic carbocycles. The maximum atomic E-state index is 4.89. The van der Waals surface area contributed by atoms with Crippen LogP contribution in [-0.2, 0) is 0 Å². The summed E-state index contributed by atoms with van der Waals surface area (Å²) in [5.41, 5.74) is 5.23. The lowest BCUT2D eigenvalue weighted by Crippen LogP contribution is -2.09. The van der Waals surface area contributed by atoms with Gasteiger partial charge >= 0.3 is 0 Å². The smallest absolute Gasteiger partial charge is 0.160 e. The minimum Gasteiger partial charge on any atom is -0.378 e.